The Labute approximate surface area is 148 Å². The van der Waals surface area contributed by atoms with Gasteiger partial charge in [-0.05, 0) is 35.2 Å². The van der Waals surface area contributed by atoms with Gasteiger partial charge in [0.15, 0.2) is 0 Å². The lowest BCUT2D eigenvalue weighted by atomic mass is 9.96. The van der Waals surface area contributed by atoms with Crippen LogP contribution in [0.5, 0.6) is 11.5 Å². The first-order valence-corrected chi connectivity index (χ1v) is 8.06. The van der Waals surface area contributed by atoms with Gasteiger partial charge in [-0.1, -0.05) is 31.2 Å². The van der Waals surface area contributed by atoms with E-state index in [1.54, 1.807) is 26.4 Å². The average Bonchev–Trinajstić information content (AvgIpc) is 2.66. The van der Waals surface area contributed by atoms with E-state index < -0.39 is 0 Å². The van der Waals surface area contributed by atoms with Crippen molar-refractivity contribution in [2.24, 2.45) is 5.92 Å². The van der Waals surface area contributed by atoms with Crippen molar-refractivity contribution in [3.05, 3.63) is 47.5 Å². The van der Waals surface area contributed by atoms with E-state index in [1.165, 1.54) is 7.11 Å². The Morgan fingerprint density at radius 3 is 2.00 bits per heavy atom. The van der Waals surface area contributed by atoms with Crippen molar-refractivity contribution in [2.75, 3.05) is 21.3 Å². The van der Waals surface area contributed by atoms with Gasteiger partial charge in [-0.2, -0.15) is 0 Å². The number of esters is 1. The van der Waals surface area contributed by atoms with Crippen molar-refractivity contribution >= 4 is 5.97 Å². The zero-order valence-electron chi connectivity index (χ0n) is 15.0. The highest BCUT2D eigenvalue weighted by Gasteiger charge is 2.16. The minimum Gasteiger partial charge on any atom is -0.496 e. The fraction of sp³-hybridized carbons (Fsp3) is 0.350. The molecule has 0 aromatic heterocycles. The lowest BCUT2D eigenvalue weighted by molar-refractivity contribution is -0.144. The monoisotopic (exact) mass is 344 g/mol. The molecule has 1 atom stereocenters. The van der Waals surface area contributed by atoms with E-state index in [-0.39, 0.29) is 18.5 Å². The molecule has 5 heteroatoms. The second-order valence-electron chi connectivity index (χ2n) is 5.86. The maximum Gasteiger partial charge on any atom is 0.308 e. The summed E-state index contributed by atoms with van der Waals surface area (Å²) in [6.45, 7) is 1.76. The molecular formula is C20H24O5. The smallest absolute Gasteiger partial charge is 0.308 e. The van der Waals surface area contributed by atoms with Gasteiger partial charge in [-0.25, -0.2) is 0 Å². The minimum absolute atomic E-state index is 0.0860. The van der Waals surface area contributed by atoms with Crippen LogP contribution in [0.2, 0.25) is 0 Å². The van der Waals surface area contributed by atoms with Crippen LogP contribution in [0.25, 0.3) is 11.1 Å². The molecule has 0 amide bonds. The van der Waals surface area contributed by atoms with Crippen molar-refractivity contribution in [1.82, 2.24) is 0 Å². The zero-order chi connectivity index (χ0) is 18.4. The lowest BCUT2D eigenvalue weighted by Crippen LogP contribution is -2.14. The summed E-state index contributed by atoms with van der Waals surface area (Å²) in [6.07, 6.45) is 0.616. The summed E-state index contributed by atoms with van der Waals surface area (Å²) in [5, 5.41) is 9.38. The first kappa shape index (κ1) is 18.8. The van der Waals surface area contributed by atoms with Gasteiger partial charge in [0.2, 0.25) is 0 Å². The molecule has 0 heterocycles. The number of benzene rings is 2. The first-order chi connectivity index (χ1) is 12.0. The third-order valence-electron chi connectivity index (χ3n) is 4.14. The number of carbonyl (C=O) groups is 1. The summed E-state index contributed by atoms with van der Waals surface area (Å²) in [6, 6.07) is 11.5. The van der Waals surface area contributed by atoms with Crippen LogP contribution in [0, 0.1) is 5.92 Å². The molecule has 0 fully saturated rings. The van der Waals surface area contributed by atoms with E-state index in [4.69, 9.17) is 14.2 Å². The summed E-state index contributed by atoms with van der Waals surface area (Å²) in [4.78, 5) is 11.6. The van der Waals surface area contributed by atoms with Gasteiger partial charge in [0.1, 0.15) is 11.5 Å². The highest BCUT2D eigenvalue weighted by Crippen LogP contribution is 2.39. The molecule has 0 bridgehead atoms. The fourth-order valence-electron chi connectivity index (χ4n) is 2.79. The van der Waals surface area contributed by atoms with E-state index >= 15 is 0 Å². The van der Waals surface area contributed by atoms with Crippen LogP contribution < -0.4 is 9.47 Å². The number of ether oxygens (including phenoxy) is 3. The quantitative estimate of drug-likeness (QED) is 0.781. The number of aliphatic hydroxyl groups excluding tert-OH is 1. The van der Waals surface area contributed by atoms with Crippen molar-refractivity contribution in [3.8, 4) is 22.6 Å². The first-order valence-electron chi connectivity index (χ1n) is 8.06. The van der Waals surface area contributed by atoms with Crippen molar-refractivity contribution < 1.29 is 24.1 Å². The van der Waals surface area contributed by atoms with Crippen molar-refractivity contribution in [3.63, 3.8) is 0 Å². The summed E-state index contributed by atoms with van der Waals surface area (Å²) < 4.78 is 15.7. The Bertz CT molecular complexity index is 696. The maximum absolute atomic E-state index is 11.6. The van der Waals surface area contributed by atoms with Crippen LogP contribution in [0.1, 0.15) is 18.1 Å². The normalized spacial score (nSPS) is 11.7. The Kier molecular flexibility index (Phi) is 6.42. The zero-order valence-corrected chi connectivity index (χ0v) is 15.0. The fourth-order valence-corrected chi connectivity index (χ4v) is 2.79. The standard InChI is InChI=1S/C20H24O5/c1-13(20(22)25-4)9-14-5-7-16(8-6-14)19-17(23-2)10-15(12-21)11-18(19)24-3/h5-8,10-11,13,21H,9,12H2,1-4H3. The van der Waals surface area contributed by atoms with Crippen molar-refractivity contribution in [2.45, 2.75) is 20.0 Å². The van der Waals surface area contributed by atoms with Gasteiger partial charge >= 0.3 is 5.97 Å². The third kappa shape index (κ3) is 4.31. The molecule has 2 aromatic carbocycles. The number of rotatable bonds is 7. The SMILES string of the molecule is COC(=O)C(C)Cc1ccc(-c2c(OC)cc(CO)cc2OC)cc1. The number of hydrogen-bond donors (Lipinski definition) is 1. The lowest BCUT2D eigenvalue weighted by Gasteiger charge is -2.16. The summed E-state index contributed by atoms with van der Waals surface area (Å²) in [5.41, 5.74) is 3.54. The molecule has 0 aliphatic rings. The van der Waals surface area contributed by atoms with E-state index in [0.717, 1.165) is 22.3 Å². The highest BCUT2D eigenvalue weighted by atomic mass is 16.5. The largest absolute Gasteiger partial charge is 0.496 e. The van der Waals surface area contributed by atoms with Crippen LogP contribution in [0.4, 0.5) is 0 Å². The van der Waals surface area contributed by atoms with Gasteiger partial charge in [0.25, 0.3) is 0 Å². The topological polar surface area (TPSA) is 65.0 Å². The predicted octanol–water partition coefficient (Wildman–Crippen LogP) is 3.21. The number of methoxy groups -OCH3 is 3. The average molecular weight is 344 g/mol. The molecule has 2 aromatic rings. The molecule has 5 nitrogen and oxygen atoms in total. The molecule has 2 rings (SSSR count). The van der Waals surface area contributed by atoms with E-state index in [1.807, 2.05) is 31.2 Å². The van der Waals surface area contributed by atoms with Gasteiger partial charge in [0.05, 0.1) is 39.4 Å². The minimum atomic E-state index is -0.216. The third-order valence-corrected chi connectivity index (χ3v) is 4.14. The summed E-state index contributed by atoms with van der Waals surface area (Å²) in [7, 11) is 4.58. The van der Waals surface area contributed by atoms with Gasteiger partial charge in [-0.3, -0.25) is 4.79 Å². The van der Waals surface area contributed by atoms with Crippen molar-refractivity contribution in [1.29, 1.82) is 0 Å². The maximum atomic E-state index is 11.6. The van der Waals surface area contributed by atoms with E-state index in [2.05, 4.69) is 0 Å². The second-order valence-corrected chi connectivity index (χ2v) is 5.86. The van der Waals surface area contributed by atoms with Gasteiger partial charge in [-0.15, -0.1) is 0 Å². The number of hydrogen-bond acceptors (Lipinski definition) is 5. The molecule has 0 radical (unpaired) electrons. The van der Waals surface area contributed by atoms with Crippen LogP contribution in [-0.2, 0) is 22.6 Å². The van der Waals surface area contributed by atoms with Gasteiger partial charge in [0, 0.05) is 0 Å². The molecular weight excluding hydrogens is 320 g/mol. The number of carbonyl (C=O) groups excluding carboxylic acids is 1. The molecule has 0 saturated heterocycles. The Morgan fingerprint density at radius 2 is 1.56 bits per heavy atom. The molecule has 0 spiro atoms. The second kappa shape index (κ2) is 8.53. The predicted molar refractivity (Wildman–Crippen MR) is 95.8 cm³/mol. The van der Waals surface area contributed by atoms with E-state index in [9.17, 15) is 9.90 Å². The molecule has 134 valence electrons. The Balaban J connectivity index is 2.35. The highest BCUT2D eigenvalue weighted by molar-refractivity contribution is 5.78. The number of aliphatic hydroxyl groups is 1. The molecule has 1 unspecified atom stereocenters. The molecule has 0 saturated carbocycles. The summed E-state index contributed by atoms with van der Waals surface area (Å²) >= 11 is 0. The Hall–Kier alpha value is -2.53. The molecule has 1 N–H and O–H groups in total. The van der Waals surface area contributed by atoms with Crippen LogP contribution >= 0.6 is 0 Å². The molecule has 0 aliphatic carbocycles. The van der Waals surface area contributed by atoms with Crippen LogP contribution in [0.15, 0.2) is 36.4 Å². The van der Waals surface area contributed by atoms with Crippen LogP contribution in [-0.4, -0.2) is 32.4 Å². The van der Waals surface area contributed by atoms with E-state index in [0.29, 0.717) is 17.9 Å². The molecule has 25 heavy (non-hydrogen) atoms. The molecule has 0 aliphatic heterocycles. The van der Waals surface area contributed by atoms with Crippen LogP contribution in [0.3, 0.4) is 0 Å². The van der Waals surface area contributed by atoms with Gasteiger partial charge < -0.3 is 19.3 Å². The Morgan fingerprint density at radius 1 is 1.00 bits per heavy atom. The summed E-state index contributed by atoms with van der Waals surface area (Å²) in [5.74, 6) is 0.869.